The molecule has 1 aliphatic rings. The standard InChI is InChI=1S/C19H19F2N3O2/c20-13-6-7-16(15(21)11-13)24-18(25)12-8-9-22-17(10-12)19(26)23-14-4-2-1-3-5-14/h6-11,14H,1-5H2,(H,23,26)(H,24,25). The van der Waals surface area contributed by atoms with E-state index in [-0.39, 0.29) is 28.9 Å². The Hall–Kier alpha value is -2.83. The normalized spacial score (nSPS) is 14.7. The van der Waals surface area contributed by atoms with Gasteiger partial charge >= 0.3 is 0 Å². The summed E-state index contributed by atoms with van der Waals surface area (Å²) in [6.45, 7) is 0. The molecule has 1 aliphatic carbocycles. The Morgan fingerprint density at radius 3 is 2.50 bits per heavy atom. The molecule has 136 valence electrons. The number of pyridine rings is 1. The molecular formula is C19H19F2N3O2. The Morgan fingerprint density at radius 2 is 1.77 bits per heavy atom. The van der Waals surface area contributed by atoms with Crippen LogP contribution >= 0.6 is 0 Å². The Balaban J connectivity index is 1.69. The number of hydrogen-bond acceptors (Lipinski definition) is 3. The van der Waals surface area contributed by atoms with Crippen LogP contribution in [-0.4, -0.2) is 22.8 Å². The van der Waals surface area contributed by atoms with E-state index >= 15 is 0 Å². The third kappa shape index (κ3) is 4.41. The topological polar surface area (TPSA) is 71.1 Å². The van der Waals surface area contributed by atoms with Gasteiger partial charge in [0.05, 0.1) is 5.69 Å². The van der Waals surface area contributed by atoms with E-state index in [1.54, 1.807) is 0 Å². The van der Waals surface area contributed by atoms with E-state index in [0.717, 1.165) is 37.8 Å². The lowest BCUT2D eigenvalue weighted by Gasteiger charge is -2.22. The molecule has 1 saturated carbocycles. The second-order valence-corrected chi connectivity index (χ2v) is 6.32. The van der Waals surface area contributed by atoms with Crippen LogP contribution < -0.4 is 10.6 Å². The van der Waals surface area contributed by atoms with Crippen molar-refractivity contribution in [3.8, 4) is 0 Å². The molecule has 5 nitrogen and oxygen atoms in total. The van der Waals surface area contributed by atoms with Crippen LogP contribution in [0, 0.1) is 11.6 Å². The summed E-state index contributed by atoms with van der Waals surface area (Å²) in [6.07, 6.45) is 6.59. The lowest BCUT2D eigenvalue weighted by Crippen LogP contribution is -2.36. The van der Waals surface area contributed by atoms with Crippen LogP contribution in [0.15, 0.2) is 36.5 Å². The summed E-state index contributed by atoms with van der Waals surface area (Å²) >= 11 is 0. The molecule has 0 spiro atoms. The van der Waals surface area contributed by atoms with Gasteiger partial charge in [-0.15, -0.1) is 0 Å². The van der Waals surface area contributed by atoms with Crippen molar-refractivity contribution in [3.63, 3.8) is 0 Å². The van der Waals surface area contributed by atoms with Crippen molar-refractivity contribution >= 4 is 17.5 Å². The van der Waals surface area contributed by atoms with Crippen molar-refractivity contribution in [3.05, 3.63) is 59.4 Å². The summed E-state index contributed by atoms with van der Waals surface area (Å²) in [6, 6.07) is 5.78. The van der Waals surface area contributed by atoms with Gasteiger partial charge in [0.25, 0.3) is 11.8 Å². The zero-order valence-electron chi connectivity index (χ0n) is 14.1. The van der Waals surface area contributed by atoms with E-state index in [2.05, 4.69) is 15.6 Å². The van der Waals surface area contributed by atoms with Crippen LogP contribution in [0.1, 0.15) is 53.0 Å². The highest BCUT2D eigenvalue weighted by Crippen LogP contribution is 2.18. The molecule has 1 aromatic heterocycles. The Bertz CT molecular complexity index is 820. The van der Waals surface area contributed by atoms with Gasteiger partial charge in [-0.2, -0.15) is 0 Å². The molecular weight excluding hydrogens is 340 g/mol. The molecule has 1 aromatic carbocycles. The number of nitrogens with one attached hydrogen (secondary N) is 2. The fourth-order valence-electron chi connectivity index (χ4n) is 2.99. The van der Waals surface area contributed by atoms with Crippen LogP contribution in [0.2, 0.25) is 0 Å². The van der Waals surface area contributed by atoms with Gasteiger partial charge in [-0.25, -0.2) is 8.78 Å². The van der Waals surface area contributed by atoms with Crippen molar-refractivity contribution in [2.45, 2.75) is 38.1 Å². The number of rotatable bonds is 4. The van der Waals surface area contributed by atoms with Gasteiger partial charge in [0.2, 0.25) is 0 Å². The minimum absolute atomic E-state index is 0.128. The van der Waals surface area contributed by atoms with Crippen molar-refractivity contribution in [1.82, 2.24) is 10.3 Å². The third-order valence-electron chi connectivity index (χ3n) is 4.37. The highest BCUT2D eigenvalue weighted by atomic mass is 19.1. The molecule has 0 aliphatic heterocycles. The first-order valence-electron chi connectivity index (χ1n) is 8.56. The molecule has 0 bridgehead atoms. The Kier molecular flexibility index (Phi) is 5.55. The van der Waals surface area contributed by atoms with Gasteiger partial charge in [0, 0.05) is 23.9 Å². The molecule has 0 saturated heterocycles. The first-order valence-corrected chi connectivity index (χ1v) is 8.56. The van der Waals surface area contributed by atoms with Gasteiger partial charge in [-0.3, -0.25) is 14.6 Å². The molecule has 0 radical (unpaired) electrons. The molecule has 7 heteroatoms. The zero-order chi connectivity index (χ0) is 18.5. The smallest absolute Gasteiger partial charge is 0.270 e. The zero-order valence-corrected chi connectivity index (χ0v) is 14.1. The second-order valence-electron chi connectivity index (χ2n) is 6.32. The van der Waals surface area contributed by atoms with Crippen LogP contribution in [0.4, 0.5) is 14.5 Å². The number of benzene rings is 1. The lowest BCUT2D eigenvalue weighted by atomic mass is 9.95. The van der Waals surface area contributed by atoms with E-state index in [9.17, 15) is 18.4 Å². The summed E-state index contributed by atoms with van der Waals surface area (Å²) in [4.78, 5) is 28.6. The van der Waals surface area contributed by atoms with Gasteiger partial charge in [-0.05, 0) is 37.1 Å². The summed E-state index contributed by atoms with van der Waals surface area (Å²) in [5.74, 6) is -2.54. The molecule has 0 unspecified atom stereocenters. The van der Waals surface area contributed by atoms with E-state index < -0.39 is 17.5 Å². The molecule has 2 aromatic rings. The van der Waals surface area contributed by atoms with Gasteiger partial charge in [0.1, 0.15) is 17.3 Å². The van der Waals surface area contributed by atoms with Gasteiger partial charge < -0.3 is 10.6 Å². The lowest BCUT2D eigenvalue weighted by molar-refractivity contribution is 0.0922. The van der Waals surface area contributed by atoms with E-state index in [1.165, 1.54) is 24.8 Å². The van der Waals surface area contributed by atoms with Crippen molar-refractivity contribution < 1.29 is 18.4 Å². The largest absolute Gasteiger partial charge is 0.348 e. The minimum Gasteiger partial charge on any atom is -0.348 e. The first kappa shape index (κ1) is 18.0. The number of hydrogen-bond donors (Lipinski definition) is 2. The maximum absolute atomic E-state index is 13.7. The maximum atomic E-state index is 13.7. The second kappa shape index (κ2) is 8.03. The van der Waals surface area contributed by atoms with Crippen molar-refractivity contribution in [2.24, 2.45) is 0 Å². The third-order valence-corrected chi connectivity index (χ3v) is 4.37. The highest BCUT2D eigenvalue weighted by molar-refractivity contribution is 6.05. The van der Waals surface area contributed by atoms with Crippen LogP contribution in [-0.2, 0) is 0 Å². The number of amides is 2. The predicted octanol–water partition coefficient (Wildman–Crippen LogP) is 3.67. The number of nitrogens with zero attached hydrogens (tertiary/aromatic N) is 1. The molecule has 2 N–H and O–H groups in total. The number of anilines is 1. The monoisotopic (exact) mass is 359 g/mol. The number of halogens is 2. The SMILES string of the molecule is O=C(Nc1ccc(F)cc1F)c1ccnc(C(=O)NC2CCCCC2)c1. The maximum Gasteiger partial charge on any atom is 0.270 e. The summed E-state index contributed by atoms with van der Waals surface area (Å²) in [5, 5.41) is 5.29. The quantitative estimate of drug-likeness (QED) is 0.875. The van der Waals surface area contributed by atoms with Gasteiger partial charge in [-0.1, -0.05) is 19.3 Å². The summed E-state index contributed by atoms with van der Waals surface area (Å²) in [7, 11) is 0. The highest BCUT2D eigenvalue weighted by Gasteiger charge is 2.18. The molecule has 1 fully saturated rings. The molecule has 1 heterocycles. The van der Waals surface area contributed by atoms with E-state index in [4.69, 9.17) is 0 Å². The van der Waals surface area contributed by atoms with E-state index in [0.29, 0.717) is 6.07 Å². The molecule has 3 rings (SSSR count). The minimum atomic E-state index is -0.873. The van der Waals surface area contributed by atoms with E-state index in [1.807, 2.05) is 0 Å². The summed E-state index contributed by atoms with van der Waals surface area (Å²) < 4.78 is 26.6. The van der Waals surface area contributed by atoms with Crippen molar-refractivity contribution in [2.75, 3.05) is 5.32 Å². The molecule has 0 atom stereocenters. The predicted molar refractivity (Wildman–Crippen MR) is 92.9 cm³/mol. The Morgan fingerprint density at radius 1 is 1.00 bits per heavy atom. The van der Waals surface area contributed by atoms with Crippen LogP contribution in [0.25, 0.3) is 0 Å². The van der Waals surface area contributed by atoms with Crippen LogP contribution in [0.5, 0.6) is 0 Å². The number of carbonyl (C=O) groups excluding carboxylic acids is 2. The Labute approximate surface area is 149 Å². The van der Waals surface area contributed by atoms with Crippen LogP contribution in [0.3, 0.4) is 0 Å². The average molecular weight is 359 g/mol. The number of aromatic nitrogens is 1. The number of carbonyl (C=O) groups is 2. The fourth-order valence-corrected chi connectivity index (χ4v) is 2.99. The molecule has 26 heavy (non-hydrogen) atoms. The average Bonchev–Trinajstić information content (AvgIpc) is 2.65. The fraction of sp³-hybridized carbons (Fsp3) is 0.316. The molecule has 2 amide bonds. The summed E-state index contributed by atoms with van der Waals surface area (Å²) in [5.41, 5.74) is 0.154. The van der Waals surface area contributed by atoms with Crippen molar-refractivity contribution in [1.29, 1.82) is 0 Å². The first-order chi connectivity index (χ1) is 12.5. The van der Waals surface area contributed by atoms with Gasteiger partial charge in [0.15, 0.2) is 0 Å².